The van der Waals surface area contributed by atoms with Crippen LogP contribution in [0.25, 0.3) is 16.8 Å². The number of phenolic OH excluding ortho intramolecular Hbond substituents is 1. The van der Waals surface area contributed by atoms with Gasteiger partial charge in [0.05, 0.1) is 5.56 Å². The number of hydrogen-bond donors (Lipinski definition) is 1. The summed E-state index contributed by atoms with van der Waals surface area (Å²) >= 11 is 0. The van der Waals surface area contributed by atoms with E-state index in [4.69, 9.17) is 0 Å². The standard InChI is InChI=1S/C23H22O2/c1-2-3-8-20(23(25)21-11-6-7-12-22(21)24)16-17-13-14-18-9-4-5-10-19(18)15-17/h4-7,9-16,24H,2-3,8H2,1H3/b20-16+. The van der Waals surface area contributed by atoms with E-state index in [0.717, 1.165) is 29.4 Å². The average Bonchev–Trinajstić information content (AvgIpc) is 2.65. The van der Waals surface area contributed by atoms with Crippen molar-refractivity contribution < 1.29 is 9.90 Å². The van der Waals surface area contributed by atoms with Gasteiger partial charge in [-0.3, -0.25) is 4.79 Å². The maximum absolute atomic E-state index is 12.9. The lowest BCUT2D eigenvalue weighted by Gasteiger charge is -2.09. The summed E-state index contributed by atoms with van der Waals surface area (Å²) < 4.78 is 0. The highest BCUT2D eigenvalue weighted by atomic mass is 16.3. The molecule has 3 rings (SSSR count). The van der Waals surface area contributed by atoms with E-state index in [0.29, 0.717) is 12.0 Å². The summed E-state index contributed by atoms with van der Waals surface area (Å²) in [5.74, 6) is -0.0619. The second kappa shape index (κ2) is 7.80. The number of carbonyl (C=O) groups excluding carboxylic acids is 1. The minimum atomic E-state index is -0.0975. The Hall–Kier alpha value is -2.87. The van der Waals surface area contributed by atoms with E-state index < -0.39 is 0 Å². The zero-order valence-electron chi connectivity index (χ0n) is 14.4. The largest absolute Gasteiger partial charge is 0.507 e. The highest BCUT2D eigenvalue weighted by Crippen LogP contribution is 2.25. The number of unbranched alkanes of at least 4 members (excludes halogenated alkanes) is 1. The molecule has 0 saturated carbocycles. The molecule has 0 amide bonds. The van der Waals surface area contributed by atoms with Gasteiger partial charge in [0, 0.05) is 5.57 Å². The van der Waals surface area contributed by atoms with Crippen molar-refractivity contribution in [3.63, 3.8) is 0 Å². The molecule has 0 aliphatic rings. The lowest BCUT2D eigenvalue weighted by atomic mass is 9.95. The molecule has 0 unspecified atom stereocenters. The van der Waals surface area contributed by atoms with Crippen molar-refractivity contribution in [2.45, 2.75) is 26.2 Å². The number of phenols is 1. The molecule has 0 heterocycles. The molecule has 3 aromatic rings. The average molecular weight is 330 g/mol. The molecule has 0 atom stereocenters. The van der Waals surface area contributed by atoms with Gasteiger partial charge in [0.15, 0.2) is 5.78 Å². The van der Waals surface area contributed by atoms with Crippen molar-refractivity contribution in [3.05, 3.63) is 83.4 Å². The lowest BCUT2D eigenvalue weighted by molar-refractivity contribution is 0.102. The van der Waals surface area contributed by atoms with Gasteiger partial charge in [0.2, 0.25) is 0 Å². The highest BCUT2D eigenvalue weighted by Gasteiger charge is 2.15. The van der Waals surface area contributed by atoms with Gasteiger partial charge in [0.1, 0.15) is 5.75 Å². The molecule has 0 aliphatic heterocycles. The maximum atomic E-state index is 12.9. The first-order valence-electron chi connectivity index (χ1n) is 8.71. The second-order valence-corrected chi connectivity index (χ2v) is 6.23. The number of hydrogen-bond acceptors (Lipinski definition) is 2. The molecule has 0 bridgehead atoms. The van der Waals surface area contributed by atoms with Crippen molar-refractivity contribution in [3.8, 4) is 5.75 Å². The third kappa shape index (κ3) is 3.97. The van der Waals surface area contributed by atoms with Gasteiger partial charge in [-0.25, -0.2) is 0 Å². The fraction of sp³-hybridized carbons (Fsp3) is 0.174. The molecule has 0 fully saturated rings. The van der Waals surface area contributed by atoms with E-state index >= 15 is 0 Å². The Balaban J connectivity index is 2.00. The van der Waals surface area contributed by atoms with Gasteiger partial charge < -0.3 is 5.11 Å². The molecule has 126 valence electrons. The Kier molecular flexibility index (Phi) is 5.30. The number of carbonyl (C=O) groups is 1. The number of aromatic hydroxyl groups is 1. The molecular formula is C23H22O2. The van der Waals surface area contributed by atoms with E-state index in [-0.39, 0.29) is 11.5 Å². The first kappa shape index (κ1) is 17.0. The van der Waals surface area contributed by atoms with Crippen LogP contribution in [0.2, 0.25) is 0 Å². The quantitative estimate of drug-likeness (QED) is 0.444. The molecule has 0 spiro atoms. The van der Waals surface area contributed by atoms with Crippen LogP contribution >= 0.6 is 0 Å². The summed E-state index contributed by atoms with van der Waals surface area (Å²) in [7, 11) is 0. The normalized spacial score (nSPS) is 11.6. The molecule has 0 radical (unpaired) electrons. The molecule has 2 nitrogen and oxygen atoms in total. The van der Waals surface area contributed by atoms with Crippen LogP contribution in [0.3, 0.4) is 0 Å². The summed E-state index contributed by atoms with van der Waals surface area (Å²) in [6.07, 6.45) is 4.62. The zero-order valence-corrected chi connectivity index (χ0v) is 14.4. The Morgan fingerprint density at radius 3 is 2.44 bits per heavy atom. The highest BCUT2D eigenvalue weighted by molar-refractivity contribution is 6.12. The summed E-state index contributed by atoms with van der Waals surface area (Å²) in [6.45, 7) is 2.11. The fourth-order valence-electron chi connectivity index (χ4n) is 2.96. The number of ketones is 1. The number of Topliss-reactive ketones (excluding diaryl/α,β-unsaturated/α-hetero) is 1. The minimum Gasteiger partial charge on any atom is -0.507 e. The van der Waals surface area contributed by atoms with Crippen molar-refractivity contribution in [1.29, 1.82) is 0 Å². The number of allylic oxidation sites excluding steroid dienone is 1. The van der Waals surface area contributed by atoms with Crippen LogP contribution in [0, 0.1) is 0 Å². The van der Waals surface area contributed by atoms with E-state index in [1.165, 1.54) is 5.39 Å². The Morgan fingerprint density at radius 1 is 0.960 bits per heavy atom. The van der Waals surface area contributed by atoms with Crippen LogP contribution in [0.5, 0.6) is 5.75 Å². The van der Waals surface area contributed by atoms with Gasteiger partial charge in [-0.1, -0.05) is 61.9 Å². The molecule has 0 aromatic heterocycles. The van der Waals surface area contributed by atoms with E-state index in [9.17, 15) is 9.90 Å². The predicted octanol–water partition coefficient (Wildman–Crippen LogP) is 6.00. The molecule has 0 aliphatic carbocycles. The minimum absolute atomic E-state index is 0.0356. The van der Waals surface area contributed by atoms with Crippen LogP contribution in [0.4, 0.5) is 0 Å². The maximum Gasteiger partial charge on any atom is 0.192 e. The Morgan fingerprint density at radius 2 is 1.68 bits per heavy atom. The van der Waals surface area contributed by atoms with Crippen LogP contribution in [0.1, 0.15) is 42.1 Å². The summed E-state index contributed by atoms with van der Waals surface area (Å²) in [6, 6.07) is 21.1. The van der Waals surface area contributed by atoms with Crippen molar-refractivity contribution in [2.24, 2.45) is 0 Å². The number of fused-ring (bicyclic) bond motifs is 1. The molecule has 3 aromatic carbocycles. The summed E-state index contributed by atoms with van der Waals surface area (Å²) in [4.78, 5) is 12.9. The van der Waals surface area contributed by atoms with Gasteiger partial charge in [-0.05, 0) is 53.5 Å². The number of rotatable bonds is 6. The molecular weight excluding hydrogens is 308 g/mol. The van der Waals surface area contributed by atoms with E-state index in [1.54, 1.807) is 24.3 Å². The first-order valence-corrected chi connectivity index (χ1v) is 8.71. The summed E-state index contributed by atoms with van der Waals surface area (Å²) in [5, 5.41) is 12.4. The monoisotopic (exact) mass is 330 g/mol. The van der Waals surface area contributed by atoms with Crippen LogP contribution in [-0.4, -0.2) is 10.9 Å². The zero-order chi connectivity index (χ0) is 17.6. The van der Waals surface area contributed by atoms with Crippen molar-refractivity contribution in [1.82, 2.24) is 0 Å². The van der Waals surface area contributed by atoms with Gasteiger partial charge in [0.25, 0.3) is 0 Å². The summed E-state index contributed by atoms with van der Waals surface area (Å²) in [5.41, 5.74) is 2.11. The Bertz CT molecular complexity index is 922. The van der Waals surface area contributed by atoms with Crippen LogP contribution in [0.15, 0.2) is 72.3 Å². The van der Waals surface area contributed by atoms with Crippen molar-refractivity contribution >= 4 is 22.6 Å². The van der Waals surface area contributed by atoms with Crippen LogP contribution < -0.4 is 0 Å². The van der Waals surface area contributed by atoms with Gasteiger partial charge >= 0.3 is 0 Å². The molecule has 2 heteroatoms. The Labute approximate surface area is 148 Å². The smallest absolute Gasteiger partial charge is 0.192 e. The first-order chi connectivity index (χ1) is 12.2. The molecule has 1 N–H and O–H groups in total. The fourth-order valence-corrected chi connectivity index (χ4v) is 2.96. The van der Waals surface area contributed by atoms with Gasteiger partial charge in [-0.2, -0.15) is 0 Å². The number of para-hydroxylation sites is 1. The number of benzene rings is 3. The van der Waals surface area contributed by atoms with E-state index in [2.05, 4.69) is 31.2 Å². The third-order valence-electron chi connectivity index (χ3n) is 4.35. The van der Waals surface area contributed by atoms with Crippen LogP contribution in [-0.2, 0) is 0 Å². The third-order valence-corrected chi connectivity index (χ3v) is 4.35. The molecule has 0 saturated heterocycles. The van der Waals surface area contributed by atoms with Crippen molar-refractivity contribution in [2.75, 3.05) is 0 Å². The van der Waals surface area contributed by atoms with Gasteiger partial charge in [-0.15, -0.1) is 0 Å². The van der Waals surface area contributed by atoms with E-state index in [1.807, 2.05) is 24.3 Å². The molecule has 25 heavy (non-hydrogen) atoms. The topological polar surface area (TPSA) is 37.3 Å². The lowest BCUT2D eigenvalue weighted by Crippen LogP contribution is -2.04. The SMILES string of the molecule is CCCC/C(=C\c1ccc2ccccc2c1)C(=O)c1ccccc1O. The second-order valence-electron chi connectivity index (χ2n) is 6.23. The predicted molar refractivity (Wildman–Crippen MR) is 104 cm³/mol.